The number of para-hydroxylation sites is 1. The number of nitrogens with one attached hydrogen (secondary N) is 1. The molecule has 0 aromatic heterocycles. The van der Waals surface area contributed by atoms with Gasteiger partial charge in [-0.3, -0.25) is 4.79 Å². The molecule has 1 N–H and O–H groups in total. The summed E-state index contributed by atoms with van der Waals surface area (Å²) in [4.78, 5) is 25.0. The maximum absolute atomic E-state index is 12.7. The van der Waals surface area contributed by atoms with E-state index >= 15 is 0 Å². The van der Waals surface area contributed by atoms with Gasteiger partial charge in [0.05, 0.1) is 0 Å². The van der Waals surface area contributed by atoms with Crippen molar-refractivity contribution >= 4 is 11.9 Å². The molecule has 5 heteroatoms. The van der Waals surface area contributed by atoms with Gasteiger partial charge in [0.15, 0.2) is 12.2 Å². The molecule has 0 aliphatic heterocycles. The topological polar surface area (TPSA) is 64.6 Å². The van der Waals surface area contributed by atoms with Crippen LogP contribution in [0.4, 0.5) is 0 Å². The van der Waals surface area contributed by atoms with Crippen LogP contribution < -0.4 is 10.1 Å². The average Bonchev–Trinajstić information content (AvgIpc) is 2.60. The number of hydrogen-bond acceptors (Lipinski definition) is 4. The van der Waals surface area contributed by atoms with Gasteiger partial charge in [0, 0.05) is 5.54 Å². The van der Waals surface area contributed by atoms with E-state index < -0.39 is 18.2 Å². The minimum absolute atomic E-state index is 0.0708. The molecule has 4 aliphatic carbocycles. The molecule has 0 saturated heterocycles. The van der Waals surface area contributed by atoms with Crippen LogP contribution in [0.25, 0.3) is 0 Å². The Balaban J connectivity index is 1.31. The zero-order valence-electron chi connectivity index (χ0n) is 16.1. The average molecular weight is 371 g/mol. The Hall–Kier alpha value is -2.04. The Labute approximate surface area is 160 Å². The summed E-state index contributed by atoms with van der Waals surface area (Å²) in [6, 6.07) is 9.14. The second-order valence-electron chi connectivity index (χ2n) is 8.84. The minimum atomic E-state index is -0.813. The quantitative estimate of drug-likeness (QED) is 0.778. The van der Waals surface area contributed by atoms with Crippen LogP contribution in [0.15, 0.2) is 30.3 Å². The molecule has 0 unspecified atom stereocenters. The summed E-state index contributed by atoms with van der Waals surface area (Å²) in [5, 5.41) is 3.26. The van der Waals surface area contributed by atoms with E-state index in [-0.39, 0.29) is 11.4 Å². The van der Waals surface area contributed by atoms with E-state index in [9.17, 15) is 9.59 Å². The van der Waals surface area contributed by atoms with E-state index in [1.54, 1.807) is 26.0 Å². The highest BCUT2D eigenvalue weighted by atomic mass is 16.6. The molecule has 1 amide bonds. The first-order valence-electron chi connectivity index (χ1n) is 10.2. The molecule has 0 heterocycles. The number of amides is 1. The van der Waals surface area contributed by atoms with Gasteiger partial charge in [-0.1, -0.05) is 18.2 Å². The second-order valence-corrected chi connectivity index (χ2v) is 8.84. The van der Waals surface area contributed by atoms with E-state index in [4.69, 9.17) is 9.47 Å². The molecular weight excluding hydrogens is 342 g/mol. The first kappa shape index (κ1) is 18.3. The van der Waals surface area contributed by atoms with Crippen LogP contribution in [0.5, 0.6) is 5.75 Å². The lowest BCUT2D eigenvalue weighted by Crippen LogP contribution is -2.61. The predicted octanol–water partition coefficient (Wildman–Crippen LogP) is 3.47. The van der Waals surface area contributed by atoms with Crippen molar-refractivity contribution in [2.24, 2.45) is 17.8 Å². The van der Waals surface area contributed by atoms with Crippen molar-refractivity contribution in [2.45, 2.75) is 70.1 Å². The van der Waals surface area contributed by atoms with Crippen molar-refractivity contribution in [2.75, 3.05) is 0 Å². The summed E-state index contributed by atoms with van der Waals surface area (Å²) in [6.45, 7) is 3.28. The van der Waals surface area contributed by atoms with Gasteiger partial charge >= 0.3 is 5.97 Å². The monoisotopic (exact) mass is 371 g/mol. The van der Waals surface area contributed by atoms with Crippen LogP contribution in [-0.4, -0.2) is 29.6 Å². The van der Waals surface area contributed by atoms with E-state index in [1.807, 2.05) is 18.2 Å². The van der Waals surface area contributed by atoms with Crippen LogP contribution in [-0.2, 0) is 14.3 Å². The summed E-state index contributed by atoms with van der Waals surface area (Å²) in [5.74, 6) is 2.17. The van der Waals surface area contributed by atoms with Crippen molar-refractivity contribution in [3.63, 3.8) is 0 Å². The highest BCUT2D eigenvalue weighted by Gasteiger charge is 2.51. The Morgan fingerprint density at radius 1 is 0.963 bits per heavy atom. The third kappa shape index (κ3) is 3.97. The van der Waals surface area contributed by atoms with E-state index in [0.717, 1.165) is 37.0 Å². The summed E-state index contributed by atoms with van der Waals surface area (Å²) in [5.41, 5.74) is -0.0708. The van der Waals surface area contributed by atoms with E-state index in [1.165, 1.54) is 19.3 Å². The Morgan fingerprint density at radius 3 is 2.07 bits per heavy atom. The standard InChI is InChI=1S/C22H29NO4/c1-14(27-21(25)15(2)26-19-6-4-3-5-7-19)20(24)23-22-11-16-8-17(12-22)10-18(9-16)13-22/h3-7,14-18H,8-13H2,1-2H3,(H,23,24)/t14-,15-,16?,17?,18?,22?/m0/s1. The smallest absolute Gasteiger partial charge is 0.347 e. The van der Waals surface area contributed by atoms with Gasteiger partial charge in [0.25, 0.3) is 5.91 Å². The molecule has 5 rings (SSSR count). The maximum Gasteiger partial charge on any atom is 0.347 e. The van der Waals surface area contributed by atoms with Crippen molar-refractivity contribution < 1.29 is 19.1 Å². The van der Waals surface area contributed by atoms with Crippen LogP contribution in [0.2, 0.25) is 0 Å². The summed E-state index contributed by atoms with van der Waals surface area (Å²) < 4.78 is 11.0. The molecule has 4 aliphatic rings. The lowest BCUT2D eigenvalue weighted by molar-refractivity contribution is -0.162. The van der Waals surface area contributed by atoms with Crippen molar-refractivity contribution in [3.05, 3.63) is 30.3 Å². The Bertz CT molecular complexity index is 666. The number of carbonyl (C=O) groups is 2. The van der Waals surface area contributed by atoms with E-state index in [2.05, 4.69) is 5.32 Å². The summed E-state index contributed by atoms with van der Waals surface area (Å²) in [6.07, 6.45) is 5.65. The normalized spacial score (nSPS) is 33.2. The molecule has 1 aromatic rings. The summed E-state index contributed by atoms with van der Waals surface area (Å²) in [7, 11) is 0. The molecule has 4 bridgehead atoms. The first-order chi connectivity index (χ1) is 12.9. The van der Waals surface area contributed by atoms with Crippen LogP contribution >= 0.6 is 0 Å². The largest absolute Gasteiger partial charge is 0.479 e. The number of esters is 1. The predicted molar refractivity (Wildman–Crippen MR) is 101 cm³/mol. The second kappa shape index (κ2) is 7.17. The fourth-order valence-electron chi connectivity index (χ4n) is 5.70. The van der Waals surface area contributed by atoms with Crippen LogP contribution in [0.3, 0.4) is 0 Å². The number of rotatable bonds is 6. The molecule has 27 heavy (non-hydrogen) atoms. The van der Waals surface area contributed by atoms with Gasteiger partial charge in [-0.05, 0) is 82.3 Å². The van der Waals surface area contributed by atoms with Crippen LogP contribution in [0, 0.1) is 17.8 Å². The highest BCUT2D eigenvalue weighted by molar-refractivity contribution is 5.85. The molecule has 0 radical (unpaired) electrons. The fourth-order valence-corrected chi connectivity index (χ4v) is 5.70. The highest BCUT2D eigenvalue weighted by Crippen LogP contribution is 2.55. The van der Waals surface area contributed by atoms with Crippen molar-refractivity contribution in [1.82, 2.24) is 5.32 Å². The van der Waals surface area contributed by atoms with Crippen molar-refractivity contribution in [1.29, 1.82) is 0 Å². The van der Waals surface area contributed by atoms with Gasteiger partial charge < -0.3 is 14.8 Å². The zero-order chi connectivity index (χ0) is 19.0. The Morgan fingerprint density at radius 2 is 1.52 bits per heavy atom. The van der Waals surface area contributed by atoms with Crippen LogP contribution in [0.1, 0.15) is 52.4 Å². The fraction of sp³-hybridized carbons (Fsp3) is 0.636. The lowest BCUT2D eigenvalue weighted by Gasteiger charge is -2.57. The third-order valence-electron chi connectivity index (χ3n) is 6.48. The van der Waals surface area contributed by atoms with Gasteiger partial charge in [0.1, 0.15) is 5.75 Å². The number of carbonyl (C=O) groups excluding carboxylic acids is 2. The summed E-state index contributed by atoms with van der Waals surface area (Å²) >= 11 is 0. The van der Waals surface area contributed by atoms with Gasteiger partial charge in [-0.15, -0.1) is 0 Å². The molecule has 5 nitrogen and oxygen atoms in total. The minimum Gasteiger partial charge on any atom is -0.479 e. The number of hydrogen-bond donors (Lipinski definition) is 1. The molecule has 2 atom stereocenters. The molecule has 146 valence electrons. The lowest BCUT2D eigenvalue weighted by atomic mass is 9.53. The number of ether oxygens (including phenoxy) is 2. The third-order valence-corrected chi connectivity index (χ3v) is 6.48. The van der Waals surface area contributed by atoms with E-state index in [0.29, 0.717) is 5.75 Å². The zero-order valence-corrected chi connectivity index (χ0v) is 16.1. The SMILES string of the molecule is C[C@H](OC(=O)[C@H](C)Oc1ccccc1)C(=O)NC12CC3CC(CC(C3)C1)C2. The van der Waals surface area contributed by atoms with Gasteiger partial charge in [-0.25, -0.2) is 4.79 Å². The molecule has 0 spiro atoms. The molecule has 1 aromatic carbocycles. The number of benzene rings is 1. The molecular formula is C22H29NO4. The van der Waals surface area contributed by atoms with Gasteiger partial charge in [0.2, 0.25) is 0 Å². The van der Waals surface area contributed by atoms with Crippen molar-refractivity contribution in [3.8, 4) is 5.75 Å². The first-order valence-corrected chi connectivity index (χ1v) is 10.2. The molecule has 4 saturated carbocycles. The Kier molecular flexibility index (Phi) is 4.87. The van der Waals surface area contributed by atoms with Gasteiger partial charge in [-0.2, -0.15) is 0 Å². The maximum atomic E-state index is 12.7. The molecule has 4 fully saturated rings.